The van der Waals surface area contributed by atoms with Gasteiger partial charge < -0.3 is 5.11 Å². The van der Waals surface area contributed by atoms with Gasteiger partial charge in [-0.3, -0.25) is 5.01 Å². The summed E-state index contributed by atoms with van der Waals surface area (Å²) in [7, 11) is 1.74. The summed E-state index contributed by atoms with van der Waals surface area (Å²) in [4.78, 5) is 0. The van der Waals surface area contributed by atoms with Gasteiger partial charge in [-0.1, -0.05) is 6.58 Å². The molecule has 0 unspecified atom stereocenters. The third kappa shape index (κ3) is 3.36. The van der Waals surface area contributed by atoms with Crippen LogP contribution >= 0.6 is 0 Å². The van der Waals surface area contributed by atoms with Crippen molar-refractivity contribution in [2.24, 2.45) is 5.10 Å². The van der Waals surface area contributed by atoms with E-state index in [1.165, 1.54) is 11.2 Å². The normalized spacial score (nSPS) is 9.75. The number of rotatable bonds is 3. The molecule has 3 nitrogen and oxygen atoms in total. The number of aliphatic hydroxyl groups excluding tert-OH is 1. The first-order valence-electron chi connectivity index (χ1n) is 2.30. The lowest BCUT2D eigenvalue weighted by atomic mass is 10.8. The fraction of sp³-hybridized carbons (Fsp3) is 0.400. The van der Waals surface area contributed by atoms with E-state index in [-0.39, 0.29) is 6.61 Å². The summed E-state index contributed by atoms with van der Waals surface area (Å²) in [5, 5.41) is 13.4. The zero-order chi connectivity index (χ0) is 6.41. The molecule has 0 aromatic heterocycles. The monoisotopic (exact) mass is 114 g/mol. The Bertz CT molecular complexity index is 90.4. The average Bonchev–Trinajstić information content (AvgIpc) is 1.83. The Labute approximate surface area is 48.9 Å². The van der Waals surface area contributed by atoms with Crippen LogP contribution < -0.4 is 0 Å². The highest BCUT2D eigenvalue weighted by molar-refractivity contribution is 5.57. The van der Waals surface area contributed by atoms with Crippen molar-refractivity contribution in [2.75, 3.05) is 13.7 Å². The molecule has 3 heteroatoms. The Morgan fingerprint density at radius 1 is 1.88 bits per heavy atom. The minimum absolute atomic E-state index is 0.0296. The summed E-state index contributed by atoms with van der Waals surface area (Å²) in [5.74, 6) is 0. The van der Waals surface area contributed by atoms with Gasteiger partial charge in [0.1, 0.15) is 0 Å². The van der Waals surface area contributed by atoms with E-state index in [9.17, 15) is 0 Å². The van der Waals surface area contributed by atoms with Gasteiger partial charge in [0.2, 0.25) is 0 Å². The van der Waals surface area contributed by atoms with Crippen LogP contribution in [0.25, 0.3) is 0 Å². The van der Waals surface area contributed by atoms with Crippen molar-refractivity contribution in [3.05, 3.63) is 12.8 Å². The molecule has 0 saturated heterocycles. The average molecular weight is 114 g/mol. The molecule has 0 amide bonds. The molecule has 0 aromatic rings. The minimum atomic E-state index is -0.0296. The van der Waals surface area contributed by atoms with Gasteiger partial charge in [-0.05, 0) is 0 Å². The van der Waals surface area contributed by atoms with Crippen molar-refractivity contribution in [3.63, 3.8) is 0 Å². The highest BCUT2D eigenvalue weighted by Crippen LogP contribution is 1.77. The lowest BCUT2D eigenvalue weighted by Crippen LogP contribution is -2.00. The Balaban J connectivity index is 3.35. The maximum Gasteiger partial charge on any atom is 0.0801 e. The number of hydrazone groups is 1. The van der Waals surface area contributed by atoms with Crippen LogP contribution in [0.5, 0.6) is 0 Å². The molecule has 0 fully saturated rings. The molecular weight excluding hydrogens is 104 g/mol. The van der Waals surface area contributed by atoms with Crippen molar-refractivity contribution in [3.8, 4) is 0 Å². The zero-order valence-corrected chi connectivity index (χ0v) is 4.91. The second-order valence-electron chi connectivity index (χ2n) is 1.24. The highest BCUT2D eigenvalue weighted by Gasteiger charge is 1.75. The number of aliphatic hydroxyl groups is 1. The molecule has 0 bridgehead atoms. The maximum absolute atomic E-state index is 8.20. The van der Waals surface area contributed by atoms with E-state index < -0.39 is 0 Å². The van der Waals surface area contributed by atoms with Crippen molar-refractivity contribution in [1.29, 1.82) is 0 Å². The predicted octanol–water partition coefficient (Wildman–Crippen LogP) is 0.0398. The quantitative estimate of drug-likeness (QED) is 0.415. The summed E-state index contributed by atoms with van der Waals surface area (Å²) >= 11 is 0. The molecule has 0 heterocycles. The second-order valence-corrected chi connectivity index (χ2v) is 1.24. The molecule has 0 atom stereocenters. The van der Waals surface area contributed by atoms with Crippen molar-refractivity contribution in [1.82, 2.24) is 5.01 Å². The molecule has 0 radical (unpaired) electrons. The van der Waals surface area contributed by atoms with E-state index in [0.29, 0.717) is 0 Å². The van der Waals surface area contributed by atoms with Crippen molar-refractivity contribution < 1.29 is 5.11 Å². The zero-order valence-electron chi connectivity index (χ0n) is 4.91. The maximum atomic E-state index is 8.20. The van der Waals surface area contributed by atoms with Crippen LogP contribution in [0.4, 0.5) is 0 Å². The molecular formula is C5H10N2O. The van der Waals surface area contributed by atoms with Crippen LogP contribution in [-0.2, 0) is 0 Å². The van der Waals surface area contributed by atoms with Gasteiger partial charge in [-0.2, -0.15) is 5.10 Å². The van der Waals surface area contributed by atoms with Gasteiger partial charge >= 0.3 is 0 Å². The Kier molecular flexibility index (Phi) is 3.88. The van der Waals surface area contributed by atoms with Crippen LogP contribution in [0, 0.1) is 0 Å². The molecule has 0 saturated carbocycles. The van der Waals surface area contributed by atoms with Crippen LogP contribution in [0.1, 0.15) is 0 Å². The van der Waals surface area contributed by atoms with Gasteiger partial charge in [-0.25, -0.2) is 0 Å². The van der Waals surface area contributed by atoms with Gasteiger partial charge in [0.15, 0.2) is 0 Å². The first kappa shape index (κ1) is 7.17. The summed E-state index contributed by atoms with van der Waals surface area (Å²) in [6.07, 6.45) is 2.94. The van der Waals surface area contributed by atoms with Crippen LogP contribution in [0.15, 0.2) is 17.9 Å². The van der Waals surface area contributed by atoms with Gasteiger partial charge in [0.25, 0.3) is 0 Å². The highest BCUT2D eigenvalue weighted by atomic mass is 16.3. The molecule has 0 spiro atoms. The fourth-order valence-corrected chi connectivity index (χ4v) is 0.212. The molecule has 1 N–H and O–H groups in total. The minimum Gasteiger partial charge on any atom is -0.391 e. The molecule has 0 aliphatic rings. The van der Waals surface area contributed by atoms with Crippen molar-refractivity contribution in [2.45, 2.75) is 0 Å². The Hall–Kier alpha value is -0.830. The number of hydrogen-bond acceptors (Lipinski definition) is 3. The topological polar surface area (TPSA) is 35.8 Å². The molecule has 0 aliphatic carbocycles. The second kappa shape index (κ2) is 4.33. The first-order chi connectivity index (χ1) is 3.81. The van der Waals surface area contributed by atoms with Crippen molar-refractivity contribution >= 4 is 6.21 Å². The van der Waals surface area contributed by atoms with E-state index >= 15 is 0 Å². The van der Waals surface area contributed by atoms with Gasteiger partial charge in [0, 0.05) is 13.2 Å². The van der Waals surface area contributed by atoms with Crippen LogP contribution in [0.2, 0.25) is 0 Å². The van der Waals surface area contributed by atoms with E-state index in [1.54, 1.807) is 13.2 Å². The van der Waals surface area contributed by atoms with E-state index in [2.05, 4.69) is 11.7 Å². The van der Waals surface area contributed by atoms with Crippen LogP contribution in [0.3, 0.4) is 0 Å². The lowest BCUT2D eigenvalue weighted by molar-refractivity contribution is 0.357. The Morgan fingerprint density at radius 3 is 2.88 bits per heavy atom. The van der Waals surface area contributed by atoms with E-state index in [1.807, 2.05) is 0 Å². The standard InChI is InChI=1S/C5H10N2O/c1-3-7(2)6-4-5-8/h3-4,8H,1,5H2,2H3/b6-4-. The van der Waals surface area contributed by atoms with E-state index in [4.69, 9.17) is 5.11 Å². The predicted molar refractivity (Wildman–Crippen MR) is 33.5 cm³/mol. The summed E-state index contributed by atoms with van der Waals surface area (Å²) < 4.78 is 0. The van der Waals surface area contributed by atoms with Gasteiger partial charge in [-0.15, -0.1) is 0 Å². The molecule has 0 aliphatic heterocycles. The molecule has 46 valence electrons. The number of nitrogens with zero attached hydrogens (tertiary/aromatic N) is 2. The van der Waals surface area contributed by atoms with E-state index in [0.717, 1.165) is 0 Å². The first-order valence-corrected chi connectivity index (χ1v) is 2.30. The molecule has 0 rings (SSSR count). The molecule has 8 heavy (non-hydrogen) atoms. The molecule has 0 aromatic carbocycles. The lowest BCUT2D eigenvalue weighted by Gasteiger charge is -2.01. The SMILES string of the molecule is C=CN(C)/N=C\CO. The smallest absolute Gasteiger partial charge is 0.0801 e. The number of hydrogen-bond donors (Lipinski definition) is 1. The van der Waals surface area contributed by atoms with Crippen LogP contribution in [-0.4, -0.2) is 30.0 Å². The third-order valence-corrected chi connectivity index (χ3v) is 0.610. The summed E-state index contributed by atoms with van der Waals surface area (Å²) in [6, 6.07) is 0. The third-order valence-electron chi connectivity index (χ3n) is 0.610. The largest absolute Gasteiger partial charge is 0.391 e. The fourth-order valence-electron chi connectivity index (χ4n) is 0.212. The van der Waals surface area contributed by atoms with Gasteiger partial charge in [0.05, 0.1) is 12.8 Å². The Morgan fingerprint density at radius 2 is 2.50 bits per heavy atom. The summed E-state index contributed by atoms with van der Waals surface area (Å²) in [5.41, 5.74) is 0. The summed E-state index contributed by atoms with van der Waals surface area (Å²) in [6.45, 7) is 3.41.